The zero-order valence-corrected chi connectivity index (χ0v) is 14.0. The number of carbonyl (C=O) groups is 1. The highest BCUT2D eigenvalue weighted by Gasteiger charge is 2.16. The second-order valence-electron chi connectivity index (χ2n) is 5.76. The van der Waals surface area contributed by atoms with E-state index in [1.165, 1.54) is 0 Å². The van der Waals surface area contributed by atoms with E-state index in [1.54, 1.807) is 24.8 Å². The van der Waals surface area contributed by atoms with Crippen LogP contribution in [0.2, 0.25) is 0 Å². The van der Waals surface area contributed by atoms with E-state index in [-0.39, 0.29) is 5.91 Å². The van der Waals surface area contributed by atoms with Crippen LogP contribution in [0, 0.1) is 6.92 Å². The summed E-state index contributed by atoms with van der Waals surface area (Å²) in [4.78, 5) is 18.4. The van der Waals surface area contributed by atoms with Crippen LogP contribution in [0.3, 0.4) is 0 Å². The molecule has 0 radical (unpaired) electrons. The highest BCUT2D eigenvalue weighted by molar-refractivity contribution is 5.95. The maximum Gasteiger partial charge on any atom is 0.297 e. The fourth-order valence-corrected chi connectivity index (χ4v) is 2.16. The average molecular weight is 329 g/mol. The van der Waals surface area contributed by atoms with Crippen LogP contribution >= 0.6 is 0 Å². The van der Waals surface area contributed by atoms with Gasteiger partial charge in [0.25, 0.3) is 6.01 Å². The number of amides is 1. The number of fused-ring (bicyclic) bond motifs is 1. The molecule has 24 heavy (non-hydrogen) atoms. The van der Waals surface area contributed by atoms with E-state index in [0.717, 1.165) is 11.2 Å². The Bertz CT molecular complexity index is 868. The van der Waals surface area contributed by atoms with Crippen LogP contribution in [0.25, 0.3) is 11.1 Å². The monoisotopic (exact) mass is 329 g/mol. The third-order valence-corrected chi connectivity index (χ3v) is 3.41. The number of hydrogen-bond acceptors (Lipinski definition) is 7. The molecule has 0 spiro atoms. The summed E-state index contributed by atoms with van der Waals surface area (Å²) in [5, 5.41) is 9.53. The number of nitrogens with one attached hydrogen (secondary N) is 2. The molecule has 1 unspecified atom stereocenters. The number of carbonyl (C=O) groups excluding carboxylic acids is 1. The van der Waals surface area contributed by atoms with Crippen molar-refractivity contribution in [2.24, 2.45) is 0 Å². The van der Waals surface area contributed by atoms with Gasteiger partial charge in [-0.25, -0.2) is 0 Å². The van der Waals surface area contributed by atoms with E-state index in [9.17, 15) is 4.79 Å². The summed E-state index contributed by atoms with van der Waals surface area (Å²) in [7, 11) is 3.73. The lowest BCUT2D eigenvalue weighted by molar-refractivity contribution is -0.116. The first-order valence-corrected chi connectivity index (χ1v) is 7.51. The fourth-order valence-electron chi connectivity index (χ4n) is 2.16. The quantitative estimate of drug-likeness (QED) is 0.742. The van der Waals surface area contributed by atoms with Crippen LogP contribution in [-0.4, -0.2) is 36.2 Å². The van der Waals surface area contributed by atoms with Gasteiger partial charge in [0.05, 0.1) is 5.69 Å². The van der Waals surface area contributed by atoms with E-state index in [4.69, 9.17) is 8.94 Å². The van der Waals surface area contributed by atoms with Crippen molar-refractivity contribution in [3.05, 3.63) is 30.0 Å². The number of aryl methyl sites for hydroxylation is 1. The van der Waals surface area contributed by atoms with Crippen molar-refractivity contribution >= 4 is 34.6 Å². The van der Waals surface area contributed by atoms with E-state index in [0.29, 0.717) is 23.2 Å². The molecule has 2 heterocycles. The van der Waals surface area contributed by atoms with Crippen LogP contribution in [0.1, 0.15) is 12.6 Å². The number of rotatable bonds is 5. The van der Waals surface area contributed by atoms with Gasteiger partial charge in [-0.2, -0.15) is 4.98 Å². The Morgan fingerprint density at radius 3 is 2.75 bits per heavy atom. The minimum absolute atomic E-state index is 0.222. The molecule has 0 aliphatic heterocycles. The first-order chi connectivity index (χ1) is 11.4. The summed E-state index contributed by atoms with van der Waals surface area (Å²) >= 11 is 0. The minimum atomic E-state index is -0.465. The topological polar surface area (TPSA) is 96.4 Å². The molecule has 3 aromatic rings. The lowest BCUT2D eigenvalue weighted by Crippen LogP contribution is -2.31. The maximum absolute atomic E-state index is 12.2. The molecule has 126 valence electrons. The van der Waals surface area contributed by atoms with E-state index >= 15 is 0 Å². The van der Waals surface area contributed by atoms with E-state index < -0.39 is 6.04 Å². The predicted molar refractivity (Wildman–Crippen MR) is 91.3 cm³/mol. The molecule has 0 bridgehead atoms. The summed E-state index contributed by atoms with van der Waals surface area (Å²) in [5.74, 6) is 0.106. The second-order valence-corrected chi connectivity index (χ2v) is 5.76. The number of oxazole rings is 1. The molecule has 2 N–H and O–H groups in total. The summed E-state index contributed by atoms with van der Waals surface area (Å²) in [6.45, 7) is 3.55. The molecule has 8 heteroatoms. The molecule has 2 aromatic heterocycles. The molecule has 3 rings (SSSR count). The van der Waals surface area contributed by atoms with Crippen LogP contribution in [0.5, 0.6) is 0 Å². The highest BCUT2D eigenvalue weighted by atomic mass is 16.5. The van der Waals surface area contributed by atoms with Crippen LogP contribution in [0.4, 0.5) is 17.6 Å². The minimum Gasteiger partial charge on any atom is -0.423 e. The Kier molecular flexibility index (Phi) is 4.11. The van der Waals surface area contributed by atoms with E-state index in [2.05, 4.69) is 20.8 Å². The normalized spacial score (nSPS) is 12.2. The standard InChI is InChI=1S/C16H19N5O3/c1-9-7-14(24-20-9)19-15(22)10(2)17-11-5-6-13-12(8-11)18-16(23-13)21(3)4/h5-8,10,17H,1-4H3,(H,19,22). The third-order valence-electron chi connectivity index (χ3n) is 3.41. The van der Waals surface area contributed by atoms with Gasteiger partial charge in [0.15, 0.2) is 5.58 Å². The van der Waals surface area contributed by atoms with E-state index in [1.807, 2.05) is 32.3 Å². The number of aromatic nitrogens is 2. The van der Waals surface area contributed by atoms with Gasteiger partial charge in [-0.05, 0) is 32.0 Å². The number of nitrogens with zero attached hydrogens (tertiary/aromatic N) is 3. The SMILES string of the molecule is Cc1cc(NC(=O)C(C)Nc2ccc3oc(N(C)C)nc3c2)on1. The smallest absolute Gasteiger partial charge is 0.297 e. The number of hydrogen-bond donors (Lipinski definition) is 2. The molecule has 0 saturated heterocycles. The van der Waals surface area contributed by atoms with Crippen molar-refractivity contribution in [1.29, 1.82) is 0 Å². The largest absolute Gasteiger partial charge is 0.423 e. The molecule has 1 amide bonds. The zero-order chi connectivity index (χ0) is 17.3. The summed E-state index contributed by atoms with van der Waals surface area (Å²) < 4.78 is 10.6. The van der Waals surface area contributed by atoms with Gasteiger partial charge in [0, 0.05) is 25.8 Å². The molecule has 8 nitrogen and oxygen atoms in total. The highest BCUT2D eigenvalue weighted by Crippen LogP contribution is 2.24. The molecule has 0 saturated carbocycles. The van der Waals surface area contributed by atoms with Crippen molar-refractivity contribution in [3.8, 4) is 0 Å². The summed E-state index contributed by atoms with van der Waals surface area (Å²) in [6.07, 6.45) is 0. The van der Waals surface area contributed by atoms with Gasteiger partial charge < -0.3 is 19.2 Å². The first kappa shape index (κ1) is 15.9. The van der Waals surface area contributed by atoms with Crippen molar-refractivity contribution in [1.82, 2.24) is 10.1 Å². The maximum atomic E-state index is 12.2. The van der Waals surface area contributed by atoms with Crippen LogP contribution in [-0.2, 0) is 4.79 Å². The molecule has 0 fully saturated rings. The average Bonchev–Trinajstić information content (AvgIpc) is 3.12. The van der Waals surface area contributed by atoms with Gasteiger partial charge in [-0.1, -0.05) is 5.16 Å². The lowest BCUT2D eigenvalue weighted by atomic mass is 10.2. The first-order valence-electron chi connectivity index (χ1n) is 7.51. The predicted octanol–water partition coefficient (Wildman–Crippen LogP) is 2.63. The Labute approximate surface area is 138 Å². The van der Waals surface area contributed by atoms with Gasteiger partial charge in [-0.3, -0.25) is 10.1 Å². The number of anilines is 3. The lowest BCUT2D eigenvalue weighted by Gasteiger charge is -2.13. The van der Waals surface area contributed by atoms with Crippen molar-refractivity contribution < 1.29 is 13.7 Å². The van der Waals surface area contributed by atoms with Crippen molar-refractivity contribution in [2.75, 3.05) is 29.6 Å². The summed E-state index contributed by atoms with van der Waals surface area (Å²) in [6, 6.07) is 7.24. The Morgan fingerprint density at radius 1 is 1.29 bits per heavy atom. The molecular weight excluding hydrogens is 310 g/mol. The Hall–Kier alpha value is -3.03. The molecular formula is C16H19N5O3. The van der Waals surface area contributed by atoms with Gasteiger partial charge >= 0.3 is 0 Å². The molecule has 0 aliphatic rings. The summed E-state index contributed by atoms with van der Waals surface area (Å²) in [5.41, 5.74) is 2.90. The molecule has 1 aromatic carbocycles. The van der Waals surface area contributed by atoms with Crippen LogP contribution in [0.15, 0.2) is 33.2 Å². The Morgan fingerprint density at radius 2 is 2.08 bits per heavy atom. The molecule has 1 atom stereocenters. The van der Waals surface area contributed by atoms with Crippen LogP contribution < -0.4 is 15.5 Å². The van der Waals surface area contributed by atoms with Crippen molar-refractivity contribution in [3.63, 3.8) is 0 Å². The zero-order valence-electron chi connectivity index (χ0n) is 14.0. The van der Waals surface area contributed by atoms with Gasteiger partial charge in [-0.15, -0.1) is 0 Å². The fraction of sp³-hybridized carbons (Fsp3) is 0.312. The third kappa shape index (κ3) is 3.32. The van der Waals surface area contributed by atoms with Crippen molar-refractivity contribution in [2.45, 2.75) is 19.9 Å². The number of benzene rings is 1. The van der Waals surface area contributed by atoms with Gasteiger partial charge in [0.2, 0.25) is 11.8 Å². The van der Waals surface area contributed by atoms with Gasteiger partial charge in [0.1, 0.15) is 11.6 Å². The second kappa shape index (κ2) is 6.23. The Balaban J connectivity index is 1.70. The molecule has 0 aliphatic carbocycles.